The van der Waals surface area contributed by atoms with Gasteiger partial charge in [-0.15, -0.1) is 0 Å². The number of ether oxygens (including phenoxy) is 1. The predicted octanol–water partition coefficient (Wildman–Crippen LogP) is 0.363. The Morgan fingerprint density at radius 3 is 2.33 bits per heavy atom. The maximum Gasteiger partial charge on any atom is 0.225 e. The van der Waals surface area contributed by atoms with Gasteiger partial charge in [-0.3, -0.25) is 4.79 Å². The van der Waals surface area contributed by atoms with Gasteiger partial charge in [0, 0.05) is 25.0 Å². The second-order valence-corrected chi connectivity index (χ2v) is 4.55. The van der Waals surface area contributed by atoms with E-state index < -0.39 is 0 Å². The van der Waals surface area contributed by atoms with Crippen LogP contribution < -0.4 is 5.73 Å². The second-order valence-electron chi connectivity index (χ2n) is 4.55. The predicted molar refractivity (Wildman–Crippen MR) is 57.3 cm³/mol. The SMILES string of the molecule is N[C@H]1CC[C@@H](C(=O)N2CCOCC2)CC1. The monoisotopic (exact) mass is 212 g/mol. The first-order valence-electron chi connectivity index (χ1n) is 5.89. The van der Waals surface area contributed by atoms with Crippen molar-refractivity contribution in [3.8, 4) is 0 Å². The highest BCUT2D eigenvalue weighted by Gasteiger charge is 2.28. The summed E-state index contributed by atoms with van der Waals surface area (Å²) in [5.41, 5.74) is 5.83. The Kier molecular flexibility index (Phi) is 3.59. The molecule has 0 unspecified atom stereocenters. The van der Waals surface area contributed by atoms with Crippen LogP contribution in [0, 0.1) is 5.92 Å². The zero-order chi connectivity index (χ0) is 10.7. The van der Waals surface area contributed by atoms with E-state index in [-0.39, 0.29) is 5.92 Å². The summed E-state index contributed by atoms with van der Waals surface area (Å²) in [6, 6.07) is 0.318. The molecular formula is C11H20N2O2. The number of carbonyl (C=O) groups is 1. The van der Waals surface area contributed by atoms with Gasteiger partial charge < -0.3 is 15.4 Å². The van der Waals surface area contributed by atoms with E-state index in [0.717, 1.165) is 38.8 Å². The van der Waals surface area contributed by atoms with Crippen LogP contribution >= 0.6 is 0 Å². The van der Waals surface area contributed by atoms with Crippen molar-refractivity contribution in [1.82, 2.24) is 4.90 Å². The van der Waals surface area contributed by atoms with Crippen LogP contribution in [0.1, 0.15) is 25.7 Å². The first-order chi connectivity index (χ1) is 7.27. The summed E-state index contributed by atoms with van der Waals surface area (Å²) < 4.78 is 5.24. The van der Waals surface area contributed by atoms with E-state index in [1.807, 2.05) is 4.90 Å². The van der Waals surface area contributed by atoms with Crippen LogP contribution in [0.4, 0.5) is 0 Å². The summed E-state index contributed by atoms with van der Waals surface area (Å²) >= 11 is 0. The summed E-state index contributed by atoms with van der Waals surface area (Å²) in [5.74, 6) is 0.549. The summed E-state index contributed by atoms with van der Waals surface area (Å²) in [7, 11) is 0. The molecule has 2 aliphatic rings. The third-order valence-electron chi connectivity index (χ3n) is 3.44. The average Bonchev–Trinajstić information content (AvgIpc) is 2.30. The number of rotatable bonds is 1. The summed E-state index contributed by atoms with van der Waals surface area (Å²) in [6.07, 6.45) is 3.94. The van der Waals surface area contributed by atoms with Gasteiger partial charge in [0.05, 0.1) is 13.2 Å². The molecule has 1 aliphatic carbocycles. The zero-order valence-electron chi connectivity index (χ0n) is 9.15. The van der Waals surface area contributed by atoms with Gasteiger partial charge in [-0.25, -0.2) is 0 Å². The van der Waals surface area contributed by atoms with Gasteiger partial charge in [-0.1, -0.05) is 0 Å². The molecule has 0 aromatic rings. The van der Waals surface area contributed by atoms with Crippen molar-refractivity contribution in [2.45, 2.75) is 31.7 Å². The highest BCUT2D eigenvalue weighted by molar-refractivity contribution is 5.79. The molecule has 1 saturated heterocycles. The Bertz CT molecular complexity index is 219. The van der Waals surface area contributed by atoms with Gasteiger partial charge in [0.15, 0.2) is 0 Å². The van der Waals surface area contributed by atoms with Crippen molar-refractivity contribution in [2.75, 3.05) is 26.3 Å². The summed E-state index contributed by atoms with van der Waals surface area (Å²) in [6.45, 7) is 2.92. The number of amides is 1. The fourth-order valence-electron chi connectivity index (χ4n) is 2.41. The lowest BCUT2D eigenvalue weighted by Crippen LogP contribution is -2.45. The van der Waals surface area contributed by atoms with Gasteiger partial charge in [0.2, 0.25) is 5.91 Å². The topological polar surface area (TPSA) is 55.6 Å². The van der Waals surface area contributed by atoms with Crippen LogP contribution in [0.5, 0.6) is 0 Å². The van der Waals surface area contributed by atoms with Crippen LogP contribution in [0.3, 0.4) is 0 Å². The molecule has 4 heteroatoms. The molecular weight excluding hydrogens is 192 g/mol. The molecule has 1 heterocycles. The number of nitrogens with zero attached hydrogens (tertiary/aromatic N) is 1. The Labute approximate surface area is 90.8 Å². The number of hydrogen-bond donors (Lipinski definition) is 1. The highest BCUT2D eigenvalue weighted by Crippen LogP contribution is 2.25. The third-order valence-corrected chi connectivity index (χ3v) is 3.44. The Morgan fingerprint density at radius 2 is 1.73 bits per heavy atom. The minimum absolute atomic E-state index is 0.225. The lowest BCUT2D eigenvalue weighted by atomic mass is 9.85. The quantitative estimate of drug-likeness (QED) is 0.683. The molecule has 2 fully saturated rings. The van der Waals surface area contributed by atoms with E-state index >= 15 is 0 Å². The molecule has 0 radical (unpaired) electrons. The first-order valence-corrected chi connectivity index (χ1v) is 5.89. The number of nitrogens with two attached hydrogens (primary N) is 1. The minimum atomic E-state index is 0.225. The van der Waals surface area contributed by atoms with Gasteiger partial charge in [-0.2, -0.15) is 0 Å². The fourth-order valence-corrected chi connectivity index (χ4v) is 2.41. The third kappa shape index (κ3) is 2.69. The molecule has 0 spiro atoms. The van der Waals surface area contributed by atoms with E-state index in [2.05, 4.69) is 0 Å². The second kappa shape index (κ2) is 4.94. The normalized spacial score (nSPS) is 32.7. The lowest BCUT2D eigenvalue weighted by molar-refractivity contribution is -0.140. The van der Waals surface area contributed by atoms with Crippen LogP contribution in [0.2, 0.25) is 0 Å². The van der Waals surface area contributed by atoms with Crippen LogP contribution in [-0.4, -0.2) is 43.2 Å². The van der Waals surface area contributed by atoms with Crippen LogP contribution in [0.15, 0.2) is 0 Å². The van der Waals surface area contributed by atoms with E-state index in [9.17, 15) is 4.79 Å². The summed E-state index contributed by atoms with van der Waals surface area (Å²) in [4.78, 5) is 14.0. The van der Waals surface area contributed by atoms with Gasteiger partial charge >= 0.3 is 0 Å². The summed E-state index contributed by atoms with van der Waals surface area (Å²) in [5, 5.41) is 0. The fraction of sp³-hybridized carbons (Fsp3) is 0.909. The van der Waals surface area contributed by atoms with E-state index in [1.165, 1.54) is 0 Å². The maximum absolute atomic E-state index is 12.1. The molecule has 1 amide bonds. The Balaban J connectivity index is 1.84. The van der Waals surface area contributed by atoms with Crippen molar-refractivity contribution in [3.05, 3.63) is 0 Å². The van der Waals surface area contributed by atoms with E-state index in [0.29, 0.717) is 25.2 Å². The molecule has 15 heavy (non-hydrogen) atoms. The standard InChI is InChI=1S/C11H20N2O2/c12-10-3-1-9(2-4-10)11(14)13-5-7-15-8-6-13/h9-10H,1-8,12H2/t9-,10+. The van der Waals surface area contributed by atoms with E-state index in [4.69, 9.17) is 10.5 Å². The van der Waals surface area contributed by atoms with Crippen LogP contribution in [0.25, 0.3) is 0 Å². The molecule has 86 valence electrons. The minimum Gasteiger partial charge on any atom is -0.378 e. The molecule has 0 aromatic carbocycles. The van der Waals surface area contributed by atoms with Gasteiger partial charge in [-0.05, 0) is 25.7 Å². The van der Waals surface area contributed by atoms with Crippen molar-refractivity contribution in [3.63, 3.8) is 0 Å². The first kappa shape index (κ1) is 10.9. The molecule has 1 aliphatic heterocycles. The number of hydrogen-bond acceptors (Lipinski definition) is 3. The highest BCUT2D eigenvalue weighted by atomic mass is 16.5. The van der Waals surface area contributed by atoms with Crippen molar-refractivity contribution >= 4 is 5.91 Å². The molecule has 0 aromatic heterocycles. The lowest BCUT2D eigenvalue weighted by Gasteiger charge is -2.33. The molecule has 1 saturated carbocycles. The Hall–Kier alpha value is -0.610. The zero-order valence-corrected chi connectivity index (χ0v) is 9.15. The molecule has 4 nitrogen and oxygen atoms in total. The smallest absolute Gasteiger partial charge is 0.225 e. The van der Waals surface area contributed by atoms with Crippen LogP contribution in [-0.2, 0) is 9.53 Å². The van der Waals surface area contributed by atoms with Crippen molar-refractivity contribution in [1.29, 1.82) is 0 Å². The Morgan fingerprint density at radius 1 is 1.13 bits per heavy atom. The molecule has 2 rings (SSSR count). The van der Waals surface area contributed by atoms with Gasteiger partial charge in [0.1, 0.15) is 0 Å². The average molecular weight is 212 g/mol. The maximum atomic E-state index is 12.1. The van der Waals surface area contributed by atoms with Crippen molar-refractivity contribution in [2.24, 2.45) is 11.7 Å². The number of morpholine rings is 1. The molecule has 0 atom stereocenters. The van der Waals surface area contributed by atoms with Gasteiger partial charge in [0.25, 0.3) is 0 Å². The number of carbonyl (C=O) groups excluding carboxylic acids is 1. The molecule has 2 N–H and O–H groups in total. The largest absolute Gasteiger partial charge is 0.378 e. The molecule has 0 bridgehead atoms. The van der Waals surface area contributed by atoms with E-state index in [1.54, 1.807) is 0 Å². The van der Waals surface area contributed by atoms with Crippen molar-refractivity contribution < 1.29 is 9.53 Å².